The Morgan fingerprint density at radius 3 is 2.15 bits per heavy atom. The summed E-state index contributed by atoms with van der Waals surface area (Å²) in [7, 11) is 0. The van der Waals surface area contributed by atoms with Crippen molar-refractivity contribution in [2.45, 2.75) is 40.5 Å². The van der Waals surface area contributed by atoms with Gasteiger partial charge in [0.2, 0.25) is 0 Å². The molecule has 0 saturated carbocycles. The molecule has 2 N–H and O–H groups in total. The molecule has 0 aliphatic heterocycles. The van der Waals surface area contributed by atoms with E-state index in [-0.39, 0.29) is 0 Å². The molecule has 0 aliphatic rings. The van der Waals surface area contributed by atoms with Crippen molar-refractivity contribution >= 4 is 0 Å². The van der Waals surface area contributed by atoms with E-state index < -0.39 is 0 Å². The van der Waals surface area contributed by atoms with Crippen LogP contribution < -0.4 is 5.73 Å². The summed E-state index contributed by atoms with van der Waals surface area (Å²) in [5.74, 6) is 0.382. The number of hydrogen-bond acceptors (Lipinski definition) is 1. The van der Waals surface area contributed by atoms with E-state index in [1.54, 1.807) is 0 Å². The molecule has 0 aromatic heterocycles. The Hall–Kier alpha value is -1.60. The Kier molecular flexibility index (Phi) is 16.0. The fraction of sp³-hybridized carbons (Fsp3) is 0.368. The van der Waals surface area contributed by atoms with Gasteiger partial charge >= 0.3 is 0 Å². The highest BCUT2D eigenvalue weighted by atomic mass is 14.5. The van der Waals surface area contributed by atoms with Gasteiger partial charge in [0.1, 0.15) is 0 Å². The lowest BCUT2D eigenvalue weighted by molar-refractivity contribution is 0.926. The van der Waals surface area contributed by atoms with Crippen molar-refractivity contribution in [2.24, 2.45) is 5.73 Å². The van der Waals surface area contributed by atoms with Gasteiger partial charge < -0.3 is 5.73 Å². The van der Waals surface area contributed by atoms with Crippen molar-refractivity contribution in [3.8, 4) is 0 Å². The first-order valence-electron chi connectivity index (χ1n) is 7.40. The number of allylic oxidation sites excluding steroid dienone is 5. The van der Waals surface area contributed by atoms with E-state index in [1.165, 1.54) is 5.56 Å². The van der Waals surface area contributed by atoms with Gasteiger partial charge in [-0.15, -0.1) is 0 Å². The molecule has 1 rings (SSSR count). The smallest absolute Gasteiger partial charge is 0.00551 e. The van der Waals surface area contributed by atoms with E-state index in [2.05, 4.69) is 43.8 Å². The van der Waals surface area contributed by atoms with Crippen molar-refractivity contribution in [1.29, 1.82) is 0 Å². The molecule has 1 aromatic rings. The third kappa shape index (κ3) is 10.3. The maximum Gasteiger partial charge on any atom is 0.00551 e. The quantitative estimate of drug-likeness (QED) is 0.723. The normalized spacial score (nSPS) is 11.3. The van der Waals surface area contributed by atoms with Crippen LogP contribution in [0.25, 0.3) is 0 Å². The van der Waals surface area contributed by atoms with E-state index in [4.69, 9.17) is 5.73 Å². The lowest BCUT2D eigenvalue weighted by Crippen LogP contribution is -1.93. The minimum Gasteiger partial charge on any atom is -0.331 e. The largest absolute Gasteiger partial charge is 0.331 e. The minimum absolute atomic E-state index is 0.382. The average molecular weight is 273 g/mol. The molecule has 20 heavy (non-hydrogen) atoms. The summed E-state index contributed by atoms with van der Waals surface area (Å²) in [5, 5.41) is 0. The Morgan fingerprint density at radius 1 is 1.20 bits per heavy atom. The summed E-state index contributed by atoms with van der Waals surface area (Å²) >= 11 is 0. The van der Waals surface area contributed by atoms with Crippen molar-refractivity contribution < 1.29 is 0 Å². The minimum atomic E-state index is 0.382. The van der Waals surface area contributed by atoms with Crippen LogP contribution in [0.5, 0.6) is 0 Å². The number of hydrogen-bond donors (Lipinski definition) is 1. The number of benzene rings is 1. The summed E-state index contributed by atoms with van der Waals surface area (Å²) in [6.45, 7) is 14.9. The molecule has 0 aliphatic carbocycles. The van der Waals surface area contributed by atoms with Crippen LogP contribution in [-0.4, -0.2) is 6.54 Å². The zero-order chi connectivity index (χ0) is 15.8. The van der Waals surface area contributed by atoms with Crippen LogP contribution in [0.15, 0.2) is 66.8 Å². The van der Waals surface area contributed by atoms with E-state index in [0.717, 1.165) is 12.1 Å². The third-order valence-electron chi connectivity index (χ3n) is 2.47. The van der Waals surface area contributed by atoms with E-state index >= 15 is 0 Å². The third-order valence-corrected chi connectivity index (χ3v) is 2.47. The van der Waals surface area contributed by atoms with Crippen molar-refractivity contribution in [3.63, 3.8) is 0 Å². The SMILES string of the molecule is C=C(/C=C\C=C/C)C(C)c1ccccc1.CC.CCN. The molecule has 0 spiro atoms. The van der Waals surface area contributed by atoms with Crippen molar-refractivity contribution in [1.82, 2.24) is 0 Å². The lowest BCUT2D eigenvalue weighted by atomic mass is 9.94. The zero-order valence-electron chi connectivity index (χ0n) is 13.8. The second-order valence-electron chi connectivity index (χ2n) is 4.00. The highest BCUT2D eigenvalue weighted by Crippen LogP contribution is 2.22. The summed E-state index contributed by atoms with van der Waals surface area (Å²) in [6, 6.07) is 10.4. The Morgan fingerprint density at radius 2 is 1.70 bits per heavy atom. The molecule has 0 bridgehead atoms. The molecule has 0 heterocycles. The number of nitrogens with two attached hydrogens (primary N) is 1. The molecule has 0 fully saturated rings. The topological polar surface area (TPSA) is 26.0 Å². The van der Waals surface area contributed by atoms with Gasteiger partial charge in [0.25, 0.3) is 0 Å². The Bertz CT molecular complexity index is 374. The number of rotatable bonds is 4. The maximum absolute atomic E-state index is 4.85. The van der Waals surface area contributed by atoms with Gasteiger partial charge in [0, 0.05) is 5.92 Å². The van der Waals surface area contributed by atoms with E-state index in [1.807, 2.05) is 52.0 Å². The molecule has 112 valence electrons. The van der Waals surface area contributed by atoms with Crippen LogP contribution in [0.1, 0.15) is 46.1 Å². The summed E-state index contributed by atoms with van der Waals surface area (Å²) < 4.78 is 0. The maximum atomic E-state index is 4.85. The molecule has 1 heteroatoms. The Labute approximate surface area is 125 Å². The fourth-order valence-electron chi connectivity index (χ4n) is 1.39. The van der Waals surface area contributed by atoms with Crippen LogP contribution >= 0.6 is 0 Å². The summed E-state index contributed by atoms with van der Waals surface area (Å²) in [4.78, 5) is 0. The molecule has 0 radical (unpaired) electrons. The standard InChI is InChI=1S/C15H18.C2H7N.C2H6/c1-4-5-7-10-13(2)14(3)15-11-8-6-9-12-15;1-2-3;1-2/h4-12,14H,2H2,1,3H3;2-3H2,1H3;1-2H3/b5-4-,10-7-;;. The molecular weight excluding hydrogens is 242 g/mol. The Balaban J connectivity index is 0. The van der Waals surface area contributed by atoms with Crippen LogP contribution in [0, 0.1) is 0 Å². The van der Waals surface area contributed by atoms with Gasteiger partial charge in [-0.3, -0.25) is 0 Å². The highest BCUT2D eigenvalue weighted by molar-refractivity contribution is 5.33. The average Bonchev–Trinajstić information content (AvgIpc) is 2.50. The fourth-order valence-corrected chi connectivity index (χ4v) is 1.39. The van der Waals surface area contributed by atoms with Crippen LogP contribution in [0.3, 0.4) is 0 Å². The predicted octanol–water partition coefficient (Wildman–Crippen LogP) is 5.47. The van der Waals surface area contributed by atoms with Gasteiger partial charge in [-0.25, -0.2) is 0 Å². The molecule has 0 saturated heterocycles. The van der Waals surface area contributed by atoms with Gasteiger partial charge in [-0.05, 0) is 24.6 Å². The zero-order valence-corrected chi connectivity index (χ0v) is 13.8. The molecule has 1 nitrogen and oxygen atoms in total. The van der Waals surface area contributed by atoms with Crippen LogP contribution in [-0.2, 0) is 0 Å². The monoisotopic (exact) mass is 273 g/mol. The molecule has 1 unspecified atom stereocenters. The first kappa shape index (κ1) is 20.7. The first-order chi connectivity index (χ1) is 9.67. The van der Waals surface area contributed by atoms with E-state index in [0.29, 0.717) is 5.92 Å². The predicted molar refractivity (Wildman–Crippen MR) is 94.0 cm³/mol. The molecule has 1 atom stereocenters. The van der Waals surface area contributed by atoms with Crippen molar-refractivity contribution in [2.75, 3.05) is 6.54 Å². The van der Waals surface area contributed by atoms with Gasteiger partial charge in [-0.2, -0.15) is 0 Å². The first-order valence-corrected chi connectivity index (χ1v) is 7.40. The van der Waals surface area contributed by atoms with Crippen molar-refractivity contribution in [3.05, 3.63) is 72.4 Å². The summed E-state index contributed by atoms with van der Waals surface area (Å²) in [6.07, 6.45) is 8.12. The van der Waals surface area contributed by atoms with Gasteiger partial charge in [0.05, 0.1) is 0 Å². The summed E-state index contributed by atoms with van der Waals surface area (Å²) in [5.41, 5.74) is 7.30. The second kappa shape index (κ2) is 15.5. The highest BCUT2D eigenvalue weighted by Gasteiger charge is 2.05. The molecular formula is C19H31N. The lowest BCUT2D eigenvalue weighted by Gasteiger charge is -2.11. The van der Waals surface area contributed by atoms with Gasteiger partial charge in [0.15, 0.2) is 0 Å². The van der Waals surface area contributed by atoms with Crippen LogP contribution in [0.4, 0.5) is 0 Å². The second-order valence-corrected chi connectivity index (χ2v) is 4.00. The van der Waals surface area contributed by atoms with Gasteiger partial charge in [-0.1, -0.05) is 88.9 Å². The molecule has 1 aromatic carbocycles. The van der Waals surface area contributed by atoms with Crippen LogP contribution in [0.2, 0.25) is 0 Å². The molecule has 0 amide bonds. The van der Waals surface area contributed by atoms with E-state index in [9.17, 15) is 0 Å².